The summed E-state index contributed by atoms with van der Waals surface area (Å²) in [6, 6.07) is 17.0. The Kier molecular flexibility index (Phi) is 3.77. The Hall–Kier alpha value is -2.40. The van der Waals surface area contributed by atoms with Crippen molar-refractivity contribution in [3.8, 4) is 6.07 Å². The highest BCUT2D eigenvalue weighted by molar-refractivity contribution is 6.09. The molecule has 1 atom stereocenters. The minimum atomic E-state index is -0.203. The zero-order valence-corrected chi connectivity index (χ0v) is 11.1. The Labute approximate surface area is 113 Å². The van der Waals surface area contributed by atoms with Gasteiger partial charge in [0, 0.05) is 11.1 Å². The lowest BCUT2D eigenvalue weighted by Crippen LogP contribution is -2.02. The first-order valence-electron chi connectivity index (χ1n) is 6.23. The summed E-state index contributed by atoms with van der Waals surface area (Å²) in [6.45, 7) is 3.82. The number of carbonyl (C=O) groups excluding carboxylic acids is 1. The van der Waals surface area contributed by atoms with E-state index in [9.17, 15) is 4.79 Å². The van der Waals surface area contributed by atoms with E-state index in [2.05, 4.69) is 6.07 Å². The lowest BCUT2D eigenvalue weighted by molar-refractivity contribution is 0.103. The summed E-state index contributed by atoms with van der Waals surface area (Å²) in [4.78, 5) is 12.3. The van der Waals surface area contributed by atoms with Crippen LogP contribution in [0.2, 0.25) is 0 Å². The van der Waals surface area contributed by atoms with Gasteiger partial charge in [0.05, 0.1) is 12.0 Å². The largest absolute Gasteiger partial charge is 0.289 e. The Morgan fingerprint density at radius 2 is 1.79 bits per heavy atom. The molecule has 0 spiro atoms. The van der Waals surface area contributed by atoms with Gasteiger partial charge in [0.1, 0.15) is 0 Å². The number of rotatable bonds is 3. The van der Waals surface area contributed by atoms with Crippen molar-refractivity contribution in [3.63, 3.8) is 0 Å². The second kappa shape index (κ2) is 5.49. The molecule has 0 aromatic heterocycles. The molecule has 19 heavy (non-hydrogen) atoms. The highest BCUT2D eigenvalue weighted by Crippen LogP contribution is 2.18. The maximum atomic E-state index is 12.3. The van der Waals surface area contributed by atoms with Crippen LogP contribution in [0.4, 0.5) is 0 Å². The van der Waals surface area contributed by atoms with E-state index in [4.69, 9.17) is 5.26 Å². The Balaban J connectivity index is 2.34. The molecule has 0 heterocycles. The van der Waals surface area contributed by atoms with Gasteiger partial charge >= 0.3 is 0 Å². The van der Waals surface area contributed by atoms with E-state index in [1.807, 2.05) is 50.2 Å². The second-order valence-electron chi connectivity index (χ2n) is 4.67. The molecule has 94 valence electrons. The van der Waals surface area contributed by atoms with Crippen molar-refractivity contribution >= 4 is 5.78 Å². The van der Waals surface area contributed by atoms with Gasteiger partial charge in [-0.15, -0.1) is 0 Å². The van der Waals surface area contributed by atoms with Crippen LogP contribution in [-0.4, -0.2) is 5.78 Å². The van der Waals surface area contributed by atoms with Crippen LogP contribution in [-0.2, 0) is 0 Å². The summed E-state index contributed by atoms with van der Waals surface area (Å²) in [5.74, 6) is -0.210. The van der Waals surface area contributed by atoms with E-state index in [1.54, 1.807) is 12.1 Å². The average Bonchev–Trinajstić information content (AvgIpc) is 2.46. The van der Waals surface area contributed by atoms with E-state index < -0.39 is 0 Å². The molecular weight excluding hydrogens is 234 g/mol. The van der Waals surface area contributed by atoms with Crippen LogP contribution in [0.1, 0.15) is 39.9 Å². The van der Waals surface area contributed by atoms with Crippen LogP contribution >= 0.6 is 0 Å². The van der Waals surface area contributed by atoms with Crippen LogP contribution in [0.15, 0.2) is 48.5 Å². The molecule has 0 aliphatic rings. The quantitative estimate of drug-likeness (QED) is 0.775. The fourth-order valence-electron chi connectivity index (χ4n) is 1.90. The molecule has 0 fully saturated rings. The molecule has 0 amide bonds. The Morgan fingerprint density at radius 1 is 1.11 bits per heavy atom. The summed E-state index contributed by atoms with van der Waals surface area (Å²) < 4.78 is 0. The third kappa shape index (κ3) is 2.89. The van der Waals surface area contributed by atoms with Crippen LogP contribution in [0.25, 0.3) is 0 Å². The highest BCUT2D eigenvalue weighted by Gasteiger charge is 2.11. The van der Waals surface area contributed by atoms with Crippen LogP contribution in [0, 0.1) is 18.3 Å². The molecule has 0 bridgehead atoms. The van der Waals surface area contributed by atoms with Crippen molar-refractivity contribution in [2.45, 2.75) is 19.8 Å². The fraction of sp³-hybridized carbons (Fsp3) is 0.176. The van der Waals surface area contributed by atoms with Crippen molar-refractivity contribution in [1.29, 1.82) is 5.26 Å². The molecule has 0 radical (unpaired) electrons. The van der Waals surface area contributed by atoms with E-state index >= 15 is 0 Å². The second-order valence-corrected chi connectivity index (χ2v) is 4.67. The van der Waals surface area contributed by atoms with Crippen LogP contribution in [0.5, 0.6) is 0 Å². The number of hydrogen-bond donors (Lipinski definition) is 0. The first-order chi connectivity index (χ1) is 9.11. The van der Waals surface area contributed by atoms with Gasteiger partial charge in [-0.2, -0.15) is 5.26 Å². The summed E-state index contributed by atoms with van der Waals surface area (Å²) in [6.07, 6.45) is 0. The minimum absolute atomic E-state index is 0.00742. The number of hydrogen-bond acceptors (Lipinski definition) is 2. The molecular formula is C17H15NO. The number of nitrogens with zero attached hydrogens (tertiary/aromatic N) is 1. The smallest absolute Gasteiger partial charge is 0.193 e. The van der Waals surface area contributed by atoms with Gasteiger partial charge in [0.2, 0.25) is 0 Å². The maximum absolute atomic E-state index is 12.3. The van der Waals surface area contributed by atoms with Gasteiger partial charge in [-0.1, -0.05) is 48.0 Å². The number of carbonyl (C=O) groups is 1. The SMILES string of the molecule is Cc1ccc(C(=O)c2cccc(C(C)C#N)c2)cc1. The molecule has 0 aliphatic heterocycles. The van der Waals surface area contributed by atoms with Gasteiger partial charge in [0.15, 0.2) is 5.78 Å². The molecule has 0 N–H and O–H groups in total. The van der Waals surface area contributed by atoms with Gasteiger partial charge in [0.25, 0.3) is 0 Å². The summed E-state index contributed by atoms with van der Waals surface area (Å²) >= 11 is 0. The van der Waals surface area contributed by atoms with Crippen molar-refractivity contribution in [2.24, 2.45) is 0 Å². The first-order valence-corrected chi connectivity index (χ1v) is 6.23. The van der Waals surface area contributed by atoms with E-state index in [0.717, 1.165) is 11.1 Å². The van der Waals surface area contributed by atoms with Crippen LogP contribution in [0.3, 0.4) is 0 Å². The minimum Gasteiger partial charge on any atom is -0.289 e. The number of ketones is 1. The molecule has 0 aliphatic carbocycles. The zero-order valence-electron chi connectivity index (χ0n) is 11.1. The monoisotopic (exact) mass is 249 g/mol. The van der Waals surface area contributed by atoms with Gasteiger partial charge in [-0.05, 0) is 25.5 Å². The third-order valence-electron chi connectivity index (χ3n) is 3.16. The Morgan fingerprint density at radius 3 is 2.42 bits per heavy atom. The molecule has 2 rings (SSSR count). The molecule has 0 saturated heterocycles. The molecule has 2 nitrogen and oxygen atoms in total. The predicted molar refractivity (Wildman–Crippen MR) is 75.1 cm³/mol. The summed E-state index contributed by atoms with van der Waals surface area (Å²) in [7, 11) is 0. The van der Waals surface area contributed by atoms with E-state index in [1.165, 1.54) is 0 Å². The number of nitriles is 1. The van der Waals surface area contributed by atoms with Gasteiger partial charge < -0.3 is 0 Å². The van der Waals surface area contributed by atoms with Gasteiger partial charge in [-0.3, -0.25) is 4.79 Å². The van der Waals surface area contributed by atoms with Crippen LogP contribution < -0.4 is 0 Å². The first kappa shape index (κ1) is 13.0. The van der Waals surface area contributed by atoms with Gasteiger partial charge in [-0.25, -0.2) is 0 Å². The topological polar surface area (TPSA) is 40.9 Å². The fourth-order valence-corrected chi connectivity index (χ4v) is 1.90. The lowest BCUT2D eigenvalue weighted by Gasteiger charge is -2.06. The highest BCUT2D eigenvalue weighted by atomic mass is 16.1. The number of benzene rings is 2. The normalized spacial score (nSPS) is 11.6. The third-order valence-corrected chi connectivity index (χ3v) is 3.16. The summed E-state index contributed by atoms with van der Waals surface area (Å²) in [5.41, 5.74) is 3.31. The molecule has 2 heteroatoms. The molecule has 2 aromatic carbocycles. The molecule has 0 saturated carbocycles. The predicted octanol–water partition coefficient (Wildman–Crippen LogP) is 3.85. The Bertz CT molecular complexity index is 635. The average molecular weight is 249 g/mol. The van der Waals surface area contributed by atoms with E-state index in [-0.39, 0.29) is 11.7 Å². The molecule has 2 aromatic rings. The standard InChI is InChI=1S/C17H15NO/c1-12-6-8-14(9-7-12)17(19)16-5-3-4-15(10-16)13(2)11-18/h3-10,13H,1-2H3. The zero-order chi connectivity index (χ0) is 13.8. The van der Waals surface area contributed by atoms with Crippen molar-refractivity contribution in [2.75, 3.05) is 0 Å². The maximum Gasteiger partial charge on any atom is 0.193 e. The van der Waals surface area contributed by atoms with Crippen molar-refractivity contribution < 1.29 is 4.79 Å². The van der Waals surface area contributed by atoms with Crippen molar-refractivity contribution in [3.05, 3.63) is 70.8 Å². The number of aryl methyl sites for hydroxylation is 1. The van der Waals surface area contributed by atoms with Crippen molar-refractivity contribution in [1.82, 2.24) is 0 Å². The lowest BCUT2D eigenvalue weighted by atomic mass is 9.96. The summed E-state index contributed by atoms with van der Waals surface area (Å²) in [5, 5.41) is 8.93. The van der Waals surface area contributed by atoms with E-state index in [0.29, 0.717) is 11.1 Å². The molecule has 1 unspecified atom stereocenters.